The number of hydrogen-bond acceptors (Lipinski definition) is 2. The van der Waals surface area contributed by atoms with Gasteiger partial charge in [0.25, 0.3) is 0 Å². The van der Waals surface area contributed by atoms with E-state index in [9.17, 15) is 4.79 Å². The Balaban J connectivity index is 1.61. The number of nitrogens with two attached hydrogens (primary N) is 1. The molecule has 1 heterocycles. The summed E-state index contributed by atoms with van der Waals surface area (Å²) in [7, 11) is 0. The summed E-state index contributed by atoms with van der Waals surface area (Å²) in [6.07, 6.45) is 7.99. The van der Waals surface area contributed by atoms with E-state index in [0.29, 0.717) is 25.0 Å². The van der Waals surface area contributed by atoms with Crippen molar-refractivity contribution in [2.45, 2.75) is 56.9 Å². The van der Waals surface area contributed by atoms with Crippen molar-refractivity contribution in [3.63, 3.8) is 0 Å². The van der Waals surface area contributed by atoms with Crippen LogP contribution < -0.4 is 16.4 Å². The molecule has 0 bridgehead atoms. The van der Waals surface area contributed by atoms with Gasteiger partial charge in [-0.15, -0.1) is 0 Å². The predicted molar refractivity (Wildman–Crippen MR) is 93.5 cm³/mol. The summed E-state index contributed by atoms with van der Waals surface area (Å²) in [6, 6.07) is 8.38. The SMILES string of the molecule is NC(=NCC1CC(=O)Nc2ccccc21)NC1CCCCCC1. The van der Waals surface area contributed by atoms with E-state index in [-0.39, 0.29) is 11.8 Å². The molecule has 0 radical (unpaired) electrons. The molecule has 4 N–H and O–H groups in total. The van der Waals surface area contributed by atoms with Gasteiger partial charge < -0.3 is 16.4 Å². The van der Waals surface area contributed by atoms with E-state index in [1.165, 1.54) is 38.5 Å². The highest BCUT2D eigenvalue weighted by Crippen LogP contribution is 2.31. The number of benzene rings is 1. The topological polar surface area (TPSA) is 79.5 Å². The molecule has 5 heteroatoms. The summed E-state index contributed by atoms with van der Waals surface area (Å²) in [5.74, 6) is 0.675. The molecule has 0 saturated heterocycles. The van der Waals surface area contributed by atoms with Crippen molar-refractivity contribution in [1.29, 1.82) is 0 Å². The number of fused-ring (bicyclic) bond motifs is 1. The van der Waals surface area contributed by atoms with E-state index in [1.54, 1.807) is 0 Å². The quantitative estimate of drug-likeness (QED) is 0.456. The number of amides is 1. The normalized spacial score (nSPS) is 22.9. The van der Waals surface area contributed by atoms with Crippen LogP contribution in [0.3, 0.4) is 0 Å². The Hall–Kier alpha value is -2.04. The van der Waals surface area contributed by atoms with Crippen LogP contribution in [0.4, 0.5) is 5.69 Å². The maximum absolute atomic E-state index is 11.8. The predicted octanol–water partition coefficient (Wildman–Crippen LogP) is 2.74. The fraction of sp³-hybridized carbons (Fsp3) is 0.556. The zero-order chi connectivity index (χ0) is 16.1. The monoisotopic (exact) mass is 314 g/mol. The van der Waals surface area contributed by atoms with Crippen molar-refractivity contribution >= 4 is 17.6 Å². The van der Waals surface area contributed by atoms with Crippen molar-refractivity contribution in [1.82, 2.24) is 5.32 Å². The first-order valence-corrected chi connectivity index (χ1v) is 8.67. The Morgan fingerprint density at radius 1 is 1.22 bits per heavy atom. The lowest BCUT2D eigenvalue weighted by Crippen LogP contribution is -2.40. The van der Waals surface area contributed by atoms with E-state index in [0.717, 1.165) is 11.3 Å². The van der Waals surface area contributed by atoms with Crippen LogP contribution in [-0.2, 0) is 4.79 Å². The van der Waals surface area contributed by atoms with E-state index in [2.05, 4.69) is 21.7 Å². The maximum atomic E-state index is 11.8. The summed E-state index contributed by atoms with van der Waals surface area (Å²) in [4.78, 5) is 16.3. The fourth-order valence-corrected chi connectivity index (χ4v) is 3.55. The number of rotatable bonds is 3. The maximum Gasteiger partial charge on any atom is 0.225 e. The Kier molecular flexibility index (Phi) is 5.16. The lowest BCUT2D eigenvalue weighted by molar-refractivity contribution is -0.116. The molecule has 1 aliphatic heterocycles. The molecule has 3 rings (SSSR count). The molecular weight excluding hydrogens is 288 g/mol. The van der Waals surface area contributed by atoms with Gasteiger partial charge in [0.15, 0.2) is 5.96 Å². The van der Waals surface area contributed by atoms with Crippen LogP contribution in [0.1, 0.15) is 56.4 Å². The lowest BCUT2D eigenvalue weighted by atomic mass is 9.91. The second kappa shape index (κ2) is 7.49. The third kappa shape index (κ3) is 4.24. The first-order valence-electron chi connectivity index (χ1n) is 8.67. The lowest BCUT2D eigenvalue weighted by Gasteiger charge is -2.24. The molecule has 0 aromatic heterocycles. The number of nitrogens with zero attached hydrogens (tertiary/aromatic N) is 1. The fourth-order valence-electron chi connectivity index (χ4n) is 3.55. The molecule has 124 valence electrons. The average molecular weight is 314 g/mol. The number of carbonyl (C=O) groups excluding carboxylic acids is 1. The van der Waals surface area contributed by atoms with Gasteiger partial charge in [-0.05, 0) is 24.5 Å². The molecule has 1 amide bonds. The largest absolute Gasteiger partial charge is 0.370 e. The Morgan fingerprint density at radius 3 is 2.74 bits per heavy atom. The van der Waals surface area contributed by atoms with Crippen molar-refractivity contribution in [3.05, 3.63) is 29.8 Å². The number of para-hydroxylation sites is 1. The van der Waals surface area contributed by atoms with Crippen LogP contribution in [0.2, 0.25) is 0 Å². The third-order valence-electron chi connectivity index (χ3n) is 4.80. The molecule has 2 aliphatic rings. The minimum Gasteiger partial charge on any atom is -0.370 e. The van der Waals surface area contributed by atoms with Crippen LogP contribution in [0.5, 0.6) is 0 Å². The number of hydrogen-bond donors (Lipinski definition) is 3. The van der Waals surface area contributed by atoms with Gasteiger partial charge in [-0.1, -0.05) is 43.9 Å². The van der Waals surface area contributed by atoms with E-state index in [1.807, 2.05) is 18.2 Å². The second-order valence-corrected chi connectivity index (χ2v) is 6.60. The molecule has 1 aliphatic carbocycles. The molecule has 1 saturated carbocycles. The molecule has 5 nitrogen and oxygen atoms in total. The minimum atomic E-state index is 0.0548. The van der Waals surface area contributed by atoms with Gasteiger partial charge in [-0.2, -0.15) is 0 Å². The minimum absolute atomic E-state index is 0.0548. The molecule has 1 aromatic rings. The molecular formula is C18H26N4O. The van der Waals surface area contributed by atoms with Crippen molar-refractivity contribution in [2.75, 3.05) is 11.9 Å². The van der Waals surface area contributed by atoms with Gasteiger partial charge >= 0.3 is 0 Å². The van der Waals surface area contributed by atoms with Crippen molar-refractivity contribution in [2.24, 2.45) is 10.7 Å². The van der Waals surface area contributed by atoms with Gasteiger partial charge in [0.2, 0.25) is 5.91 Å². The van der Waals surface area contributed by atoms with Crippen LogP contribution in [-0.4, -0.2) is 24.5 Å². The summed E-state index contributed by atoms with van der Waals surface area (Å²) >= 11 is 0. The van der Waals surface area contributed by atoms with Crippen LogP contribution in [0, 0.1) is 0 Å². The van der Waals surface area contributed by atoms with Gasteiger partial charge in [0.1, 0.15) is 0 Å². The highest BCUT2D eigenvalue weighted by Gasteiger charge is 2.24. The number of guanidine groups is 1. The number of aliphatic imine (C=N–C) groups is 1. The molecule has 1 atom stereocenters. The zero-order valence-corrected chi connectivity index (χ0v) is 13.6. The van der Waals surface area contributed by atoms with Gasteiger partial charge in [-0.3, -0.25) is 9.79 Å². The summed E-state index contributed by atoms with van der Waals surface area (Å²) in [5, 5.41) is 6.28. The summed E-state index contributed by atoms with van der Waals surface area (Å²) < 4.78 is 0. The highest BCUT2D eigenvalue weighted by molar-refractivity contribution is 5.94. The summed E-state index contributed by atoms with van der Waals surface area (Å²) in [6.45, 7) is 0.552. The smallest absolute Gasteiger partial charge is 0.225 e. The van der Waals surface area contributed by atoms with E-state index >= 15 is 0 Å². The molecule has 23 heavy (non-hydrogen) atoms. The summed E-state index contributed by atoms with van der Waals surface area (Å²) in [5.41, 5.74) is 8.12. The van der Waals surface area contributed by atoms with Gasteiger partial charge in [0.05, 0.1) is 6.54 Å². The Labute approximate surface area is 137 Å². The third-order valence-corrected chi connectivity index (χ3v) is 4.80. The first kappa shape index (κ1) is 15.8. The van der Waals surface area contributed by atoms with Gasteiger partial charge in [-0.25, -0.2) is 0 Å². The van der Waals surface area contributed by atoms with Crippen molar-refractivity contribution in [3.8, 4) is 0 Å². The average Bonchev–Trinajstić information content (AvgIpc) is 2.81. The zero-order valence-electron chi connectivity index (χ0n) is 13.6. The van der Waals surface area contributed by atoms with Crippen molar-refractivity contribution < 1.29 is 4.79 Å². The van der Waals surface area contributed by atoms with Crippen LogP contribution >= 0.6 is 0 Å². The molecule has 1 aromatic carbocycles. The molecule has 0 spiro atoms. The van der Waals surface area contributed by atoms with Gasteiger partial charge in [0, 0.05) is 24.1 Å². The molecule has 1 unspecified atom stereocenters. The van der Waals surface area contributed by atoms with E-state index < -0.39 is 0 Å². The Morgan fingerprint density at radius 2 is 1.96 bits per heavy atom. The first-order chi connectivity index (χ1) is 11.2. The standard InChI is InChI=1S/C18H26N4O/c19-18(21-14-7-3-1-2-4-8-14)20-12-13-11-17(23)22-16-10-6-5-9-15(13)16/h5-6,9-10,13-14H,1-4,7-8,11-12H2,(H,22,23)(H3,19,20,21). The Bertz CT molecular complexity index is 576. The van der Waals surface area contributed by atoms with Crippen LogP contribution in [0.15, 0.2) is 29.3 Å². The molecule has 1 fully saturated rings. The van der Waals surface area contributed by atoms with Crippen LogP contribution in [0.25, 0.3) is 0 Å². The number of anilines is 1. The number of nitrogens with one attached hydrogen (secondary N) is 2. The highest BCUT2D eigenvalue weighted by atomic mass is 16.1. The van der Waals surface area contributed by atoms with E-state index in [4.69, 9.17) is 5.73 Å². The second-order valence-electron chi connectivity index (χ2n) is 6.60. The number of carbonyl (C=O) groups is 1.